The number of aliphatic hydroxyl groups is 1. The summed E-state index contributed by atoms with van der Waals surface area (Å²) in [4.78, 5) is 12.8. The van der Waals surface area contributed by atoms with Crippen molar-refractivity contribution in [3.63, 3.8) is 0 Å². The third-order valence-corrected chi connectivity index (χ3v) is 2.78. The zero-order valence-corrected chi connectivity index (χ0v) is 8.52. The molecule has 1 aliphatic heterocycles. The van der Waals surface area contributed by atoms with Gasteiger partial charge in [0, 0.05) is 19.1 Å². The van der Waals surface area contributed by atoms with Crippen molar-refractivity contribution in [1.82, 2.24) is 4.90 Å². The Morgan fingerprint density at radius 3 is 2.86 bits per heavy atom. The minimum absolute atomic E-state index is 0.300. The highest BCUT2D eigenvalue weighted by molar-refractivity contribution is 5.79. The normalized spacial score (nSPS) is 31.4. The highest BCUT2D eigenvalue weighted by Gasteiger charge is 2.26. The Balaban J connectivity index is 2.45. The first kappa shape index (κ1) is 11.4. The number of nitrogens with zero attached hydrogens (tertiary/aromatic N) is 1. The fourth-order valence-corrected chi connectivity index (χ4v) is 1.76. The molecule has 14 heavy (non-hydrogen) atoms. The molecule has 0 bridgehead atoms. The minimum atomic E-state index is -0.636. The molecule has 1 saturated heterocycles. The Hall–Kier alpha value is -0.650. The van der Waals surface area contributed by atoms with E-state index in [-0.39, 0.29) is 6.10 Å². The molecule has 0 aromatic heterocycles. The van der Waals surface area contributed by atoms with Crippen molar-refractivity contribution in [1.29, 1.82) is 0 Å². The molecule has 0 aliphatic carbocycles. The quantitative estimate of drug-likeness (QED) is 0.526. The molecule has 0 spiro atoms. The van der Waals surface area contributed by atoms with Gasteiger partial charge >= 0.3 is 0 Å². The molecule has 0 radical (unpaired) electrons. The van der Waals surface area contributed by atoms with Crippen LogP contribution >= 0.6 is 0 Å². The van der Waals surface area contributed by atoms with Crippen LogP contribution in [0.1, 0.15) is 19.8 Å². The number of amides is 1. The molecule has 82 valence electrons. The average molecular weight is 201 g/mol. The summed E-state index contributed by atoms with van der Waals surface area (Å²) in [7, 11) is 0. The van der Waals surface area contributed by atoms with E-state index in [0.717, 1.165) is 12.8 Å². The molecular formula is C9H19N3O2. The fourth-order valence-electron chi connectivity index (χ4n) is 1.76. The highest BCUT2D eigenvalue weighted by atomic mass is 16.3. The van der Waals surface area contributed by atoms with Gasteiger partial charge < -0.3 is 16.6 Å². The number of hydrogen-bond acceptors (Lipinski definition) is 4. The molecule has 0 aromatic rings. The van der Waals surface area contributed by atoms with E-state index in [4.69, 9.17) is 11.5 Å². The van der Waals surface area contributed by atoms with Crippen LogP contribution in [0.15, 0.2) is 0 Å². The molecule has 1 heterocycles. The van der Waals surface area contributed by atoms with E-state index in [0.29, 0.717) is 19.1 Å². The lowest BCUT2D eigenvalue weighted by Crippen LogP contribution is -2.52. The van der Waals surface area contributed by atoms with Gasteiger partial charge in [0.05, 0.1) is 12.1 Å². The molecule has 1 amide bonds. The molecule has 5 nitrogen and oxygen atoms in total. The topological polar surface area (TPSA) is 92.6 Å². The summed E-state index contributed by atoms with van der Waals surface area (Å²) in [6.07, 6.45) is 1.46. The predicted molar refractivity (Wildman–Crippen MR) is 53.4 cm³/mol. The molecule has 5 heteroatoms. The van der Waals surface area contributed by atoms with Crippen LogP contribution < -0.4 is 11.5 Å². The van der Waals surface area contributed by atoms with Gasteiger partial charge in [-0.15, -0.1) is 0 Å². The lowest BCUT2D eigenvalue weighted by Gasteiger charge is -2.36. The van der Waals surface area contributed by atoms with E-state index in [1.165, 1.54) is 0 Å². The SMILES string of the molecule is CC1CCC(O)CN1CC(N)C(N)=O. The first-order valence-corrected chi connectivity index (χ1v) is 4.97. The van der Waals surface area contributed by atoms with Crippen molar-refractivity contribution < 1.29 is 9.90 Å². The Morgan fingerprint density at radius 1 is 1.64 bits per heavy atom. The average Bonchev–Trinajstić information content (AvgIpc) is 2.11. The molecule has 1 fully saturated rings. The maximum Gasteiger partial charge on any atom is 0.235 e. The van der Waals surface area contributed by atoms with E-state index < -0.39 is 11.9 Å². The summed E-state index contributed by atoms with van der Waals surface area (Å²) in [5, 5.41) is 9.45. The smallest absolute Gasteiger partial charge is 0.235 e. The van der Waals surface area contributed by atoms with Crippen LogP contribution in [0.25, 0.3) is 0 Å². The van der Waals surface area contributed by atoms with Gasteiger partial charge in [-0.05, 0) is 19.8 Å². The zero-order chi connectivity index (χ0) is 10.7. The van der Waals surface area contributed by atoms with Crippen LogP contribution in [0, 0.1) is 0 Å². The van der Waals surface area contributed by atoms with Crippen LogP contribution in [0.2, 0.25) is 0 Å². The summed E-state index contributed by atoms with van der Waals surface area (Å²) in [6.45, 7) is 3.09. The number of hydrogen-bond donors (Lipinski definition) is 3. The van der Waals surface area contributed by atoms with Gasteiger partial charge in [-0.3, -0.25) is 9.69 Å². The number of piperidine rings is 1. The summed E-state index contributed by atoms with van der Waals surface area (Å²) in [5.74, 6) is -0.489. The van der Waals surface area contributed by atoms with Crippen LogP contribution in [-0.4, -0.2) is 47.2 Å². The van der Waals surface area contributed by atoms with Gasteiger partial charge in [-0.1, -0.05) is 0 Å². The largest absolute Gasteiger partial charge is 0.392 e. The molecule has 0 saturated carbocycles. The second-order valence-corrected chi connectivity index (χ2v) is 4.04. The van der Waals surface area contributed by atoms with Gasteiger partial charge in [-0.25, -0.2) is 0 Å². The molecule has 3 unspecified atom stereocenters. The molecule has 1 aliphatic rings. The maximum absolute atomic E-state index is 10.8. The highest BCUT2D eigenvalue weighted by Crippen LogP contribution is 2.16. The number of likely N-dealkylation sites (tertiary alicyclic amines) is 1. The third kappa shape index (κ3) is 2.94. The van der Waals surface area contributed by atoms with E-state index in [1.54, 1.807) is 0 Å². The first-order valence-electron chi connectivity index (χ1n) is 4.97. The first-order chi connectivity index (χ1) is 6.50. The maximum atomic E-state index is 10.8. The molecule has 3 atom stereocenters. The number of β-amino-alcohol motifs (C(OH)–C–C–N with tert-alkyl or cyclic N) is 1. The van der Waals surface area contributed by atoms with Crippen molar-refractivity contribution >= 4 is 5.91 Å². The Kier molecular flexibility index (Phi) is 3.86. The van der Waals surface area contributed by atoms with E-state index in [1.807, 2.05) is 4.90 Å². The van der Waals surface area contributed by atoms with Crippen molar-refractivity contribution in [2.45, 2.75) is 38.0 Å². The van der Waals surface area contributed by atoms with Crippen molar-refractivity contribution in [2.24, 2.45) is 11.5 Å². The predicted octanol–water partition coefficient (Wildman–Crippen LogP) is -1.36. The van der Waals surface area contributed by atoms with E-state index in [2.05, 4.69) is 6.92 Å². The lowest BCUT2D eigenvalue weighted by molar-refractivity contribution is -0.120. The van der Waals surface area contributed by atoms with Gasteiger partial charge in [-0.2, -0.15) is 0 Å². The van der Waals surface area contributed by atoms with Crippen LogP contribution in [-0.2, 0) is 4.79 Å². The second-order valence-electron chi connectivity index (χ2n) is 4.04. The van der Waals surface area contributed by atoms with Gasteiger partial charge in [0.15, 0.2) is 0 Å². The van der Waals surface area contributed by atoms with Crippen molar-refractivity contribution in [2.75, 3.05) is 13.1 Å². The van der Waals surface area contributed by atoms with Gasteiger partial charge in [0.25, 0.3) is 0 Å². The van der Waals surface area contributed by atoms with E-state index >= 15 is 0 Å². The lowest BCUT2D eigenvalue weighted by atomic mass is 10.0. The van der Waals surface area contributed by atoms with Gasteiger partial charge in [0.1, 0.15) is 0 Å². The zero-order valence-electron chi connectivity index (χ0n) is 8.52. The van der Waals surface area contributed by atoms with Crippen LogP contribution in [0.3, 0.4) is 0 Å². The number of carbonyl (C=O) groups excluding carboxylic acids is 1. The van der Waals surface area contributed by atoms with Crippen molar-refractivity contribution in [3.8, 4) is 0 Å². The fraction of sp³-hybridized carbons (Fsp3) is 0.889. The number of nitrogens with two attached hydrogens (primary N) is 2. The Morgan fingerprint density at radius 2 is 2.29 bits per heavy atom. The standard InChI is InChI=1S/C9H19N3O2/c1-6-2-3-7(13)4-12(6)5-8(10)9(11)14/h6-8,13H,2-5,10H2,1H3,(H2,11,14). The molecule has 0 aromatic carbocycles. The Bertz CT molecular complexity index is 210. The van der Waals surface area contributed by atoms with Crippen LogP contribution in [0.4, 0.5) is 0 Å². The second kappa shape index (κ2) is 4.72. The molecule has 5 N–H and O–H groups in total. The number of primary amides is 1. The number of aliphatic hydroxyl groups excluding tert-OH is 1. The summed E-state index contributed by atoms with van der Waals surface area (Å²) in [5.41, 5.74) is 10.6. The molecular weight excluding hydrogens is 182 g/mol. The number of rotatable bonds is 3. The monoisotopic (exact) mass is 201 g/mol. The molecule has 1 rings (SSSR count). The minimum Gasteiger partial charge on any atom is -0.392 e. The van der Waals surface area contributed by atoms with E-state index in [9.17, 15) is 9.90 Å². The summed E-state index contributed by atoms with van der Waals surface area (Å²) >= 11 is 0. The third-order valence-electron chi connectivity index (χ3n) is 2.78. The van der Waals surface area contributed by atoms with Gasteiger partial charge in [0.2, 0.25) is 5.91 Å². The number of carbonyl (C=O) groups is 1. The van der Waals surface area contributed by atoms with Crippen molar-refractivity contribution in [3.05, 3.63) is 0 Å². The summed E-state index contributed by atoms with van der Waals surface area (Å²) < 4.78 is 0. The Labute approximate surface area is 84.0 Å². The summed E-state index contributed by atoms with van der Waals surface area (Å²) in [6, 6.07) is -0.272. The van der Waals surface area contributed by atoms with Crippen LogP contribution in [0.5, 0.6) is 0 Å².